The van der Waals surface area contributed by atoms with E-state index in [2.05, 4.69) is 16.7 Å². The topological polar surface area (TPSA) is 132 Å². The minimum absolute atomic E-state index is 0.0641. The quantitative estimate of drug-likeness (QED) is 0.370. The lowest BCUT2D eigenvalue weighted by molar-refractivity contribution is -0.385. The molecule has 210 valence electrons. The van der Waals surface area contributed by atoms with Crippen LogP contribution in [-0.2, 0) is 4.79 Å². The van der Waals surface area contributed by atoms with Gasteiger partial charge in [-0.25, -0.2) is 0 Å². The van der Waals surface area contributed by atoms with E-state index >= 15 is 0 Å². The number of likely N-dealkylation sites (tertiary alicyclic amines) is 1. The zero-order valence-corrected chi connectivity index (χ0v) is 23.0. The molecule has 2 saturated heterocycles. The van der Waals surface area contributed by atoms with Crippen LogP contribution >= 0.6 is 11.6 Å². The Kier molecular flexibility index (Phi) is 8.81. The highest BCUT2D eigenvalue weighted by molar-refractivity contribution is 6.33. The number of benzene rings is 2. The van der Waals surface area contributed by atoms with Crippen molar-refractivity contribution in [2.45, 2.75) is 37.1 Å². The van der Waals surface area contributed by atoms with E-state index in [1.165, 1.54) is 14.2 Å². The Balaban J connectivity index is 1.60. The molecule has 39 heavy (non-hydrogen) atoms. The number of para-hydroxylation sites is 1. The third-order valence-electron chi connectivity index (χ3n) is 7.58. The standard InChI is InChI=1S/C27H33ClN4O7/c1-37-21-7-5-4-6-18(21)17-8-14-31(15-9-17)26(34)27(10-12-29-13-11-27)30-25(33)22-23(38-2)19(28)16-20(32(35)36)24(22)39-3/h4-7,16-17,29H,8-15H2,1-3H3,(H,30,33). The van der Waals surface area contributed by atoms with Crippen molar-refractivity contribution < 1.29 is 28.7 Å². The van der Waals surface area contributed by atoms with E-state index in [0.717, 1.165) is 30.2 Å². The van der Waals surface area contributed by atoms with Crippen LogP contribution in [0.1, 0.15) is 47.5 Å². The van der Waals surface area contributed by atoms with E-state index in [9.17, 15) is 19.7 Å². The highest BCUT2D eigenvalue weighted by atomic mass is 35.5. The fourth-order valence-electron chi connectivity index (χ4n) is 5.58. The van der Waals surface area contributed by atoms with Gasteiger partial charge in [0.2, 0.25) is 11.7 Å². The lowest BCUT2D eigenvalue weighted by Gasteiger charge is -2.43. The number of carbonyl (C=O) groups is 2. The third kappa shape index (κ3) is 5.60. The maximum absolute atomic E-state index is 14.0. The Hall–Kier alpha value is -3.57. The average molecular weight is 561 g/mol. The van der Waals surface area contributed by atoms with Gasteiger partial charge < -0.3 is 29.7 Å². The molecule has 4 rings (SSSR count). The Morgan fingerprint density at radius 2 is 1.72 bits per heavy atom. The summed E-state index contributed by atoms with van der Waals surface area (Å²) in [6.07, 6.45) is 2.24. The smallest absolute Gasteiger partial charge is 0.313 e. The molecule has 2 N–H and O–H groups in total. The Morgan fingerprint density at radius 1 is 1.08 bits per heavy atom. The van der Waals surface area contributed by atoms with E-state index in [-0.39, 0.29) is 33.9 Å². The molecule has 0 aliphatic carbocycles. The number of nitrogens with one attached hydrogen (secondary N) is 2. The molecule has 2 aromatic carbocycles. The summed E-state index contributed by atoms with van der Waals surface area (Å²) in [6, 6.07) is 8.99. The number of nitro benzene ring substituents is 1. The summed E-state index contributed by atoms with van der Waals surface area (Å²) in [5, 5.41) is 17.7. The maximum Gasteiger partial charge on any atom is 0.313 e. The number of ether oxygens (including phenoxy) is 3. The van der Waals surface area contributed by atoms with Gasteiger partial charge in [0.25, 0.3) is 5.91 Å². The third-order valence-corrected chi connectivity index (χ3v) is 7.86. The lowest BCUT2D eigenvalue weighted by Crippen LogP contribution is -2.64. The van der Waals surface area contributed by atoms with Crippen molar-refractivity contribution >= 4 is 29.1 Å². The summed E-state index contributed by atoms with van der Waals surface area (Å²) >= 11 is 6.24. The monoisotopic (exact) mass is 560 g/mol. The van der Waals surface area contributed by atoms with Gasteiger partial charge in [0, 0.05) is 19.2 Å². The maximum atomic E-state index is 14.0. The molecule has 0 atom stereocenters. The summed E-state index contributed by atoms with van der Waals surface area (Å²) in [4.78, 5) is 40.5. The largest absolute Gasteiger partial charge is 0.496 e. The number of methoxy groups -OCH3 is 3. The van der Waals surface area contributed by atoms with Gasteiger partial charge in [0.15, 0.2) is 5.75 Å². The second kappa shape index (κ2) is 12.1. The molecule has 0 bridgehead atoms. The van der Waals surface area contributed by atoms with Crippen LogP contribution in [0.2, 0.25) is 5.02 Å². The Morgan fingerprint density at radius 3 is 2.31 bits per heavy atom. The molecule has 0 unspecified atom stereocenters. The van der Waals surface area contributed by atoms with Gasteiger partial charge in [-0.3, -0.25) is 19.7 Å². The van der Waals surface area contributed by atoms with Gasteiger partial charge in [-0.05, 0) is 56.3 Å². The van der Waals surface area contributed by atoms with Gasteiger partial charge in [-0.1, -0.05) is 29.8 Å². The zero-order valence-electron chi connectivity index (χ0n) is 22.3. The van der Waals surface area contributed by atoms with Gasteiger partial charge in [0.05, 0.1) is 31.3 Å². The number of piperidine rings is 2. The van der Waals surface area contributed by atoms with Crippen molar-refractivity contribution in [2.75, 3.05) is 47.5 Å². The fourth-order valence-corrected chi connectivity index (χ4v) is 5.85. The van der Waals surface area contributed by atoms with Crippen molar-refractivity contribution in [3.8, 4) is 17.2 Å². The van der Waals surface area contributed by atoms with E-state index < -0.39 is 22.1 Å². The Bertz CT molecular complexity index is 1240. The van der Waals surface area contributed by atoms with Crippen molar-refractivity contribution in [1.29, 1.82) is 0 Å². The summed E-state index contributed by atoms with van der Waals surface area (Å²) in [5.41, 5.74) is -0.775. The highest BCUT2D eigenvalue weighted by Gasteiger charge is 2.45. The number of rotatable bonds is 8. The Labute approximate surface area is 231 Å². The molecule has 0 spiro atoms. The van der Waals surface area contributed by atoms with Crippen LogP contribution < -0.4 is 24.8 Å². The number of nitrogens with zero attached hydrogens (tertiary/aromatic N) is 2. The number of amides is 2. The molecule has 2 heterocycles. The van der Waals surface area contributed by atoms with Crippen LogP contribution in [0.15, 0.2) is 30.3 Å². The molecule has 2 aromatic rings. The molecule has 12 heteroatoms. The van der Waals surface area contributed by atoms with Gasteiger partial charge in [-0.15, -0.1) is 0 Å². The van der Waals surface area contributed by atoms with E-state index in [0.29, 0.717) is 39.0 Å². The normalized spacial score (nSPS) is 17.3. The molecule has 2 amide bonds. The summed E-state index contributed by atoms with van der Waals surface area (Å²) in [6.45, 7) is 2.10. The summed E-state index contributed by atoms with van der Waals surface area (Å²) in [5.74, 6) is -0.162. The van der Waals surface area contributed by atoms with Crippen molar-refractivity contribution in [3.05, 3.63) is 56.6 Å². The van der Waals surface area contributed by atoms with Crippen LogP contribution in [0.25, 0.3) is 0 Å². The van der Waals surface area contributed by atoms with E-state index in [1.807, 2.05) is 18.2 Å². The molecular formula is C27H33ClN4O7. The molecule has 0 aromatic heterocycles. The molecule has 2 aliphatic heterocycles. The second-order valence-electron chi connectivity index (χ2n) is 9.67. The zero-order chi connectivity index (χ0) is 28.2. The number of hydrogen-bond donors (Lipinski definition) is 2. The summed E-state index contributed by atoms with van der Waals surface area (Å²) < 4.78 is 16.1. The van der Waals surface area contributed by atoms with E-state index in [4.69, 9.17) is 25.8 Å². The second-order valence-corrected chi connectivity index (χ2v) is 10.1. The molecule has 2 fully saturated rings. The first-order valence-corrected chi connectivity index (χ1v) is 13.2. The number of hydrogen-bond acceptors (Lipinski definition) is 8. The van der Waals surface area contributed by atoms with E-state index in [1.54, 1.807) is 12.0 Å². The van der Waals surface area contributed by atoms with Crippen LogP contribution in [0.5, 0.6) is 17.2 Å². The molecule has 0 saturated carbocycles. The minimum atomic E-state index is -1.20. The van der Waals surface area contributed by atoms with Gasteiger partial charge in [0.1, 0.15) is 16.9 Å². The summed E-state index contributed by atoms with van der Waals surface area (Å²) in [7, 11) is 4.18. The first kappa shape index (κ1) is 28.4. The van der Waals surface area contributed by atoms with Crippen molar-refractivity contribution in [3.63, 3.8) is 0 Å². The average Bonchev–Trinajstić information content (AvgIpc) is 2.96. The van der Waals surface area contributed by atoms with Crippen LogP contribution in [0.4, 0.5) is 5.69 Å². The molecule has 2 aliphatic rings. The van der Waals surface area contributed by atoms with Crippen LogP contribution in [-0.4, -0.2) is 74.7 Å². The van der Waals surface area contributed by atoms with Crippen LogP contribution in [0, 0.1) is 10.1 Å². The molecular weight excluding hydrogens is 528 g/mol. The minimum Gasteiger partial charge on any atom is -0.496 e. The van der Waals surface area contributed by atoms with Gasteiger partial charge >= 0.3 is 5.69 Å². The van der Waals surface area contributed by atoms with Crippen LogP contribution in [0.3, 0.4) is 0 Å². The number of nitro groups is 1. The molecule has 0 radical (unpaired) electrons. The SMILES string of the molecule is COc1ccccc1C1CCN(C(=O)C2(NC(=O)c3c(OC)c(Cl)cc([N+](=O)[O-])c3OC)CCNCC2)CC1. The highest BCUT2D eigenvalue weighted by Crippen LogP contribution is 2.43. The lowest BCUT2D eigenvalue weighted by atomic mass is 9.84. The molecule has 11 nitrogen and oxygen atoms in total. The predicted octanol–water partition coefficient (Wildman–Crippen LogP) is 3.53. The predicted molar refractivity (Wildman–Crippen MR) is 145 cm³/mol. The van der Waals surface area contributed by atoms with Crippen molar-refractivity contribution in [2.24, 2.45) is 0 Å². The first-order chi connectivity index (χ1) is 18.8. The fraction of sp³-hybridized carbons (Fsp3) is 0.481. The van der Waals surface area contributed by atoms with Gasteiger partial charge in [-0.2, -0.15) is 0 Å². The first-order valence-electron chi connectivity index (χ1n) is 12.8. The van der Waals surface area contributed by atoms with Crippen molar-refractivity contribution in [1.82, 2.24) is 15.5 Å². The number of halogens is 1. The number of carbonyl (C=O) groups excluding carboxylic acids is 2.